The second-order valence-electron chi connectivity index (χ2n) is 3.75. The number of nitro groups is 1. The molecule has 8 heteroatoms. The molecule has 0 aliphatic rings. The second kappa shape index (κ2) is 5.25. The van der Waals surface area contributed by atoms with Crippen LogP contribution in [0.3, 0.4) is 0 Å². The SMILES string of the molecule is O=[N+]([O-])c1cccc(OS(=O)(=O)c2cccc(F)c2)c1. The first-order valence-corrected chi connectivity index (χ1v) is 6.74. The first kappa shape index (κ1) is 13.9. The van der Waals surface area contributed by atoms with Crippen LogP contribution < -0.4 is 4.18 Å². The predicted molar refractivity (Wildman–Crippen MR) is 67.3 cm³/mol. The van der Waals surface area contributed by atoms with E-state index in [0.717, 1.165) is 24.3 Å². The van der Waals surface area contributed by atoms with Crippen molar-refractivity contribution in [2.24, 2.45) is 0 Å². The highest BCUT2D eigenvalue weighted by atomic mass is 32.2. The van der Waals surface area contributed by atoms with E-state index < -0.39 is 20.9 Å². The Labute approximate surface area is 113 Å². The van der Waals surface area contributed by atoms with Gasteiger partial charge in [0.05, 0.1) is 11.0 Å². The minimum atomic E-state index is -4.24. The number of nitrogens with zero attached hydrogens (tertiary/aromatic N) is 1. The highest BCUT2D eigenvalue weighted by molar-refractivity contribution is 7.87. The Bertz CT molecular complexity index is 760. The smallest absolute Gasteiger partial charge is 0.339 e. The number of hydrogen-bond acceptors (Lipinski definition) is 5. The van der Waals surface area contributed by atoms with Gasteiger partial charge in [-0.15, -0.1) is 0 Å². The Balaban J connectivity index is 2.33. The normalized spacial score (nSPS) is 11.1. The molecule has 0 saturated heterocycles. The molecule has 0 bridgehead atoms. The lowest BCUT2D eigenvalue weighted by Gasteiger charge is -2.06. The van der Waals surface area contributed by atoms with E-state index in [1.165, 1.54) is 24.3 Å². The van der Waals surface area contributed by atoms with Gasteiger partial charge in [-0.2, -0.15) is 8.42 Å². The van der Waals surface area contributed by atoms with E-state index in [1.807, 2.05) is 0 Å². The Hall–Kier alpha value is -2.48. The van der Waals surface area contributed by atoms with Crippen LogP contribution in [0.25, 0.3) is 0 Å². The lowest BCUT2D eigenvalue weighted by molar-refractivity contribution is -0.384. The van der Waals surface area contributed by atoms with Crippen LogP contribution in [0, 0.1) is 15.9 Å². The summed E-state index contributed by atoms with van der Waals surface area (Å²) in [5, 5.41) is 10.6. The fourth-order valence-electron chi connectivity index (χ4n) is 1.45. The lowest BCUT2D eigenvalue weighted by atomic mass is 10.3. The van der Waals surface area contributed by atoms with Crippen LogP contribution in [0.15, 0.2) is 53.4 Å². The molecule has 0 radical (unpaired) electrons. The van der Waals surface area contributed by atoms with E-state index in [0.29, 0.717) is 0 Å². The van der Waals surface area contributed by atoms with Crippen molar-refractivity contribution >= 4 is 15.8 Å². The van der Waals surface area contributed by atoms with Crippen molar-refractivity contribution in [1.29, 1.82) is 0 Å². The van der Waals surface area contributed by atoms with Crippen LogP contribution in [0.4, 0.5) is 10.1 Å². The average molecular weight is 297 g/mol. The first-order valence-electron chi connectivity index (χ1n) is 5.33. The summed E-state index contributed by atoms with van der Waals surface area (Å²) < 4.78 is 41.5. The van der Waals surface area contributed by atoms with E-state index in [9.17, 15) is 22.9 Å². The zero-order valence-electron chi connectivity index (χ0n) is 9.89. The van der Waals surface area contributed by atoms with Crippen LogP contribution in [-0.2, 0) is 10.1 Å². The number of benzene rings is 2. The van der Waals surface area contributed by atoms with Crippen LogP contribution in [0.2, 0.25) is 0 Å². The van der Waals surface area contributed by atoms with Gasteiger partial charge in [0, 0.05) is 6.07 Å². The number of non-ortho nitro benzene ring substituents is 1. The van der Waals surface area contributed by atoms with Gasteiger partial charge in [0.1, 0.15) is 16.5 Å². The Morgan fingerprint density at radius 1 is 1.10 bits per heavy atom. The van der Waals surface area contributed by atoms with Gasteiger partial charge in [-0.3, -0.25) is 10.1 Å². The lowest BCUT2D eigenvalue weighted by Crippen LogP contribution is -2.10. The van der Waals surface area contributed by atoms with Gasteiger partial charge >= 0.3 is 10.1 Å². The number of nitro benzene ring substituents is 1. The van der Waals surface area contributed by atoms with Gasteiger partial charge in [0.2, 0.25) is 0 Å². The summed E-state index contributed by atoms with van der Waals surface area (Å²) in [7, 11) is -4.24. The maximum atomic E-state index is 13.0. The summed E-state index contributed by atoms with van der Waals surface area (Å²) >= 11 is 0. The minimum absolute atomic E-state index is 0.219. The largest absolute Gasteiger partial charge is 0.379 e. The van der Waals surface area contributed by atoms with E-state index in [4.69, 9.17) is 4.18 Å². The Kier molecular flexibility index (Phi) is 3.66. The van der Waals surface area contributed by atoms with E-state index in [1.54, 1.807) is 0 Å². The molecule has 6 nitrogen and oxygen atoms in total. The zero-order valence-corrected chi connectivity index (χ0v) is 10.7. The van der Waals surface area contributed by atoms with Crippen LogP contribution in [-0.4, -0.2) is 13.3 Å². The van der Waals surface area contributed by atoms with E-state index in [-0.39, 0.29) is 16.3 Å². The van der Waals surface area contributed by atoms with Crippen LogP contribution >= 0.6 is 0 Å². The van der Waals surface area contributed by atoms with Crippen molar-refractivity contribution in [3.05, 3.63) is 64.5 Å². The molecule has 104 valence electrons. The molecule has 2 aromatic carbocycles. The molecular weight excluding hydrogens is 289 g/mol. The molecular formula is C12H8FNO5S. The molecule has 0 unspecified atom stereocenters. The van der Waals surface area contributed by atoms with Crippen molar-refractivity contribution in [1.82, 2.24) is 0 Å². The van der Waals surface area contributed by atoms with Crippen LogP contribution in [0.1, 0.15) is 0 Å². The molecule has 0 atom stereocenters. The van der Waals surface area contributed by atoms with Crippen molar-refractivity contribution in [3.63, 3.8) is 0 Å². The van der Waals surface area contributed by atoms with Gasteiger partial charge in [-0.05, 0) is 24.3 Å². The number of rotatable bonds is 4. The Morgan fingerprint density at radius 2 is 1.80 bits per heavy atom. The second-order valence-corrected chi connectivity index (χ2v) is 5.30. The van der Waals surface area contributed by atoms with E-state index >= 15 is 0 Å². The molecule has 0 aromatic heterocycles. The summed E-state index contributed by atoms with van der Waals surface area (Å²) in [6.45, 7) is 0. The van der Waals surface area contributed by atoms with Gasteiger partial charge in [-0.1, -0.05) is 12.1 Å². The maximum absolute atomic E-state index is 13.0. The Morgan fingerprint density at radius 3 is 2.45 bits per heavy atom. The molecule has 20 heavy (non-hydrogen) atoms. The van der Waals surface area contributed by atoms with Crippen molar-refractivity contribution in [3.8, 4) is 5.75 Å². The summed E-state index contributed by atoms with van der Waals surface area (Å²) in [5.74, 6) is -0.947. The van der Waals surface area contributed by atoms with Gasteiger partial charge in [-0.25, -0.2) is 4.39 Å². The molecule has 2 aromatic rings. The van der Waals surface area contributed by atoms with E-state index in [2.05, 4.69) is 0 Å². The van der Waals surface area contributed by atoms with Crippen molar-refractivity contribution < 1.29 is 21.9 Å². The number of hydrogen-bond donors (Lipinski definition) is 0. The van der Waals surface area contributed by atoms with Gasteiger partial charge in [0.25, 0.3) is 5.69 Å². The minimum Gasteiger partial charge on any atom is -0.379 e. The molecule has 0 aliphatic carbocycles. The molecule has 0 amide bonds. The first-order chi connectivity index (χ1) is 9.38. The molecule has 0 heterocycles. The maximum Gasteiger partial charge on any atom is 0.339 e. The highest BCUT2D eigenvalue weighted by Gasteiger charge is 2.18. The third kappa shape index (κ3) is 3.09. The van der Waals surface area contributed by atoms with Gasteiger partial charge in [0.15, 0.2) is 0 Å². The van der Waals surface area contributed by atoms with Crippen LogP contribution in [0.5, 0.6) is 5.75 Å². The summed E-state index contributed by atoms with van der Waals surface area (Å²) in [6.07, 6.45) is 0. The molecule has 0 aliphatic heterocycles. The average Bonchev–Trinajstić information content (AvgIpc) is 2.38. The third-order valence-corrected chi connectivity index (χ3v) is 3.56. The number of halogens is 1. The predicted octanol–water partition coefficient (Wildman–Crippen LogP) is 2.50. The third-order valence-electron chi connectivity index (χ3n) is 2.32. The monoisotopic (exact) mass is 297 g/mol. The summed E-state index contributed by atoms with van der Waals surface area (Å²) in [6, 6.07) is 8.98. The van der Waals surface area contributed by atoms with Crippen molar-refractivity contribution in [2.45, 2.75) is 4.90 Å². The molecule has 0 fully saturated rings. The zero-order chi connectivity index (χ0) is 14.8. The van der Waals surface area contributed by atoms with Gasteiger partial charge < -0.3 is 4.18 Å². The standard InChI is InChI=1S/C12H8FNO5S/c13-9-3-1-6-12(7-9)20(17,18)19-11-5-2-4-10(8-11)14(15)16/h1-8H. The fraction of sp³-hybridized carbons (Fsp3) is 0. The highest BCUT2D eigenvalue weighted by Crippen LogP contribution is 2.23. The molecule has 0 spiro atoms. The topological polar surface area (TPSA) is 86.5 Å². The molecule has 0 saturated carbocycles. The summed E-state index contributed by atoms with van der Waals surface area (Å²) in [4.78, 5) is 9.53. The molecule has 0 N–H and O–H groups in total. The van der Waals surface area contributed by atoms with Crippen molar-refractivity contribution in [2.75, 3.05) is 0 Å². The fourth-order valence-corrected chi connectivity index (χ4v) is 2.40. The summed E-state index contributed by atoms with van der Waals surface area (Å²) in [5.41, 5.74) is -0.308. The quantitative estimate of drug-likeness (QED) is 0.491. The molecule has 2 rings (SSSR count).